The Hall–Kier alpha value is -0.0800. The van der Waals surface area contributed by atoms with E-state index in [0.29, 0.717) is 12.5 Å². The van der Waals surface area contributed by atoms with Crippen LogP contribution in [0.1, 0.15) is 65.7 Å². The van der Waals surface area contributed by atoms with Crippen molar-refractivity contribution in [3.63, 3.8) is 0 Å². The van der Waals surface area contributed by atoms with Crippen LogP contribution in [-0.2, 0) is 0 Å². The summed E-state index contributed by atoms with van der Waals surface area (Å²) in [5.74, 6) is 1.30. The van der Waals surface area contributed by atoms with E-state index >= 15 is 0 Å². The van der Waals surface area contributed by atoms with Crippen molar-refractivity contribution in [3.05, 3.63) is 0 Å². The van der Waals surface area contributed by atoms with Crippen molar-refractivity contribution in [1.29, 1.82) is 0 Å². The smallest absolute Gasteiger partial charge is 0.0462 e. The van der Waals surface area contributed by atoms with Crippen LogP contribution in [0.25, 0.3) is 0 Å². The Morgan fingerprint density at radius 2 is 1.88 bits per heavy atom. The van der Waals surface area contributed by atoms with Crippen LogP contribution < -0.4 is 5.32 Å². The Kier molecular flexibility index (Phi) is 6.50. The van der Waals surface area contributed by atoms with Crippen molar-refractivity contribution in [1.82, 2.24) is 5.32 Å². The lowest BCUT2D eigenvalue weighted by atomic mass is 9.79. The van der Waals surface area contributed by atoms with Gasteiger partial charge in [0.15, 0.2) is 0 Å². The molecule has 0 bridgehead atoms. The maximum atomic E-state index is 9.54. The highest BCUT2D eigenvalue weighted by Crippen LogP contribution is 2.31. The van der Waals surface area contributed by atoms with Gasteiger partial charge in [-0.2, -0.15) is 0 Å². The molecule has 0 aromatic rings. The zero-order valence-electron chi connectivity index (χ0n) is 12.0. The van der Waals surface area contributed by atoms with E-state index in [0.717, 1.165) is 25.3 Å². The van der Waals surface area contributed by atoms with Crippen LogP contribution in [0.2, 0.25) is 0 Å². The number of rotatable bonds is 7. The second-order valence-corrected chi connectivity index (χ2v) is 6.29. The van der Waals surface area contributed by atoms with E-state index in [2.05, 4.69) is 26.1 Å². The Morgan fingerprint density at radius 1 is 1.24 bits per heavy atom. The molecule has 0 aromatic carbocycles. The van der Waals surface area contributed by atoms with Gasteiger partial charge in [0, 0.05) is 12.1 Å². The Labute approximate surface area is 107 Å². The highest BCUT2D eigenvalue weighted by atomic mass is 16.3. The molecule has 1 aliphatic carbocycles. The zero-order valence-corrected chi connectivity index (χ0v) is 12.0. The molecule has 2 heteroatoms. The second kappa shape index (κ2) is 7.38. The minimum atomic E-state index is 0.243. The fraction of sp³-hybridized carbons (Fsp3) is 1.00. The van der Waals surface area contributed by atoms with E-state index < -0.39 is 0 Å². The van der Waals surface area contributed by atoms with Gasteiger partial charge < -0.3 is 10.4 Å². The van der Waals surface area contributed by atoms with Crippen LogP contribution in [0.5, 0.6) is 0 Å². The van der Waals surface area contributed by atoms with Crippen molar-refractivity contribution in [2.24, 2.45) is 11.8 Å². The van der Waals surface area contributed by atoms with E-state index in [-0.39, 0.29) is 5.54 Å². The molecule has 1 atom stereocenters. The molecule has 0 aliphatic heterocycles. The van der Waals surface area contributed by atoms with Gasteiger partial charge in [-0.1, -0.05) is 39.0 Å². The summed E-state index contributed by atoms with van der Waals surface area (Å²) in [6.07, 6.45) is 9.09. The summed E-state index contributed by atoms with van der Waals surface area (Å²) in [6, 6.07) is 0. The number of hydrogen-bond donors (Lipinski definition) is 2. The minimum absolute atomic E-state index is 0.243. The van der Waals surface area contributed by atoms with Crippen LogP contribution in [0.15, 0.2) is 0 Å². The summed E-state index contributed by atoms with van der Waals surface area (Å²) in [5, 5.41) is 13.1. The van der Waals surface area contributed by atoms with Gasteiger partial charge >= 0.3 is 0 Å². The predicted molar refractivity (Wildman–Crippen MR) is 74.1 cm³/mol. The van der Waals surface area contributed by atoms with E-state index in [9.17, 15) is 5.11 Å². The number of hydrogen-bond acceptors (Lipinski definition) is 2. The lowest BCUT2D eigenvalue weighted by molar-refractivity contribution is 0.137. The normalized spacial score (nSPS) is 20.5. The van der Waals surface area contributed by atoms with Crippen LogP contribution in [-0.4, -0.2) is 23.8 Å². The summed E-state index contributed by atoms with van der Waals surface area (Å²) < 4.78 is 0. The molecule has 1 aliphatic rings. The summed E-state index contributed by atoms with van der Waals surface area (Å²) in [4.78, 5) is 0. The first-order valence-corrected chi connectivity index (χ1v) is 7.45. The molecule has 0 aromatic heterocycles. The summed E-state index contributed by atoms with van der Waals surface area (Å²) in [6.45, 7) is 8.14. The van der Waals surface area contributed by atoms with Gasteiger partial charge in [-0.3, -0.25) is 0 Å². The predicted octanol–water partition coefficient (Wildman–Crippen LogP) is 3.34. The largest absolute Gasteiger partial charge is 0.396 e. The molecular formula is C15H31NO. The fourth-order valence-corrected chi connectivity index (χ4v) is 2.80. The number of aliphatic hydroxyl groups is 1. The van der Waals surface area contributed by atoms with E-state index in [1.165, 1.54) is 32.1 Å². The van der Waals surface area contributed by atoms with Crippen molar-refractivity contribution < 1.29 is 5.11 Å². The highest BCUT2D eigenvalue weighted by molar-refractivity contribution is 4.78. The van der Waals surface area contributed by atoms with Gasteiger partial charge in [0.25, 0.3) is 0 Å². The molecule has 17 heavy (non-hydrogen) atoms. The molecule has 1 rings (SSSR count). The average molecular weight is 241 g/mol. The molecule has 0 spiro atoms. The number of nitrogens with one attached hydrogen (secondary N) is 1. The van der Waals surface area contributed by atoms with Crippen LogP contribution in [0.3, 0.4) is 0 Å². The average Bonchev–Trinajstić information content (AvgIpc) is 2.36. The molecule has 2 nitrogen and oxygen atoms in total. The molecule has 0 heterocycles. The third kappa shape index (κ3) is 5.39. The van der Waals surface area contributed by atoms with Gasteiger partial charge in [-0.05, 0) is 45.1 Å². The van der Waals surface area contributed by atoms with Crippen molar-refractivity contribution in [3.8, 4) is 0 Å². The molecule has 1 fully saturated rings. The van der Waals surface area contributed by atoms with Gasteiger partial charge in [0.2, 0.25) is 0 Å². The molecule has 2 N–H and O–H groups in total. The first-order chi connectivity index (χ1) is 8.09. The van der Waals surface area contributed by atoms with Crippen LogP contribution in [0.4, 0.5) is 0 Å². The monoisotopic (exact) mass is 241 g/mol. The van der Waals surface area contributed by atoms with Gasteiger partial charge in [0.05, 0.1) is 0 Å². The Balaban J connectivity index is 2.26. The van der Waals surface area contributed by atoms with E-state index in [1.807, 2.05) is 0 Å². The van der Waals surface area contributed by atoms with Crippen molar-refractivity contribution >= 4 is 0 Å². The first-order valence-electron chi connectivity index (χ1n) is 7.45. The summed E-state index contributed by atoms with van der Waals surface area (Å²) in [7, 11) is 0. The quantitative estimate of drug-likeness (QED) is 0.716. The maximum Gasteiger partial charge on any atom is 0.0462 e. The molecule has 102 valence electrons. The Bertz CT molecular complexity index is 197. The van der Waals surface area contributed by atoms with Crippen molar-refractivity contribution in [2.75, 3.05) is 13.2 Å². The Morgan fingerprint density at radius 3 is 2.41 bits per heavy atom. The molecule has 0 amide bonds. The molecule has 0 saturated heterocycles. The third-order valence-corrected chi connectivity index (χ3v) is 4.55. The standard InChI is InChI=1S/C15H31NO/c1-4-15(2,3)16-11-10-14(12-17)13-8-6-5-7-9-13/h13-14,16-17H,4-12H2,1-3H3. The maximum absolute atomic E-state index is 9.54. The molecule has 0 radical (unpaired) electrons. The van der Waals surface area contributed by atoms with Crippen LogP contribution >= 0.6 is 0 Å². The summed E-state index contributed by atoms with van der Waals surface area (Å²) >= 11 is 0. The topological polar surface area (TPSA) is 32.3 Å². The van der Waals surface area contributed by atoms with Crippen molar-refractivity contribution in [2.45, 2.75) is 71.3 Å². The van der Waals surface area contributed by atoms with Gasteiger partial charge in [0.1, 0.15) is 0 Å². The van der Waals surface area contributed by atoms with Crippen LogP contribution in [0, 0.1) is 11.8 Å². The fourth-order valence-electron chi connectivity index (χ4n) is 2.80. The number of aliphatic hydroxyl groups excluding tert-OH is 1. The molecule has 1 unspecified atom stereocenters. The van der Waals surface area contributed by atoms with Gasteiger partial charge in [-0.15, -0.1) is 0 Å². The first kappa shape index (κ1) is 15.0. The van der Waals surface area contributed by atoms with Gasteiger partial charge in [-0.25, -0.2) is 0 Å². The SMILES string of the molecule is CCC(C)(C)NCCC(CO)C1CCCCC1. The highest BCUT2D eigenvalue weighted by Gasteiger charge is 2.23. The molecular weight excluding hydrogens is 210 g/mol. The van der Waals surface area contributed by atoms with E-state index in [4.69, 9.17) is 0 Å². The molecule has 1 saturated carbocycles. The second-order valence-electron chi connectivity index (χ2n) is 6.29. The summed E-state index contributed by atoms with van der Waals surface area (Å²) in [5.41, 5.74) is 0.243. The lowest BCUT2D eigenvalue weighted by Crippen LogP contribution is -2.40. The zero-order chi connectivity index (χ0) is 12.7. The van der Waals surface area contributed by atoms with E-state index in [1.54, 1.807) is 0 Å². The minimum Gasteiger partial charge on any atom is -0.396 e. The lowest BCUT2D eigenvalue weighted by Gasteiger charge is -2.31. The third-order valence-electron chi connectivity index (χ3n) is 4.55.